The second-order valence-corrected chi connectivity index (χ2v) is 4.21. The lowest BCUT2D eigenvalue weighted by Gasteiger charge is -2.29. The van der Waals surface area contributed by atoms with Gasteiger partial charge in [0.1, 0.15) is 0 Å². The summed E-state index contributed by atoms with van der Waals surface area (Å²) in [5.41, 5.74) is 8.18. The van der Waals surface area contributed by atoms with E-state index in [-0.39, 0.29) is 5.54 Å². The van der Waals surface area contributed by atoms with Gasteiger partial charge in [-0.3, -0.25) is 5.43 Å². The highest BCUT2D eigenvalue weighted by Crippen LogP contribution is 2.26. The third-order valence-electron chi connectivity index (χ3n) is 3.00. The summed E-state index contributed by atoms with van der Waals surface area (Å²) in [5.74, 6) is 0. The van der Waals surface area contributed by atoms with Crippen molar-refractivity contribution in [3.63, 3.8) is 0 Å². The second kappa shape index (κ2) is 4.11. The summed E-state index contributed by atoms with van der Waals surface area (Å²) >= 11 is 0. The molecule has 2 nitrogen and oxygen atoms in total. The molecule has 0 bridgehead atoms. The van der Waals surface area contributed by atoms with E-state index in [2.05, 4.69) is 48.1 Å². The molecule has 1 aliphatic heterocycles. The molecule has 2 N–H and O–H groups in total. The van der Waals surface area contributed by atoms with Crippen LogP contribution in [-0.4, -0.2) is 6.54 Å². The second-order valence-electron chi connectivity index (χ2n) is 4.21. The van der Waals surface area contributed by atoms with E-state index in [1.165, 1.54) is 24.8 Å². The zero-order chi connectivity index (χ0) is 9.86. The van der Waals surface area contributed by atoms with Crippen LogP contribution in [0.2, 0.25) is 0 Å². The third kappa shape index (κ3) is 1.97. The van der Waals surface area contributed by atoms with Gasteiger partial charge in [-0.05, 0) is 31.7 Å². The molecule has 2 rings (SSSR count). The zero-order valence-corrected chi connectivity index (χ0v) is 8.72. The molecule has 1 atom stereocenters. The van der Waals surface area contributed by atoms with Crippen LogP contribution in [0.5, 0.6) is 0 Å². The van der Waals surface area contributed by atoms with Crippen molar-refractivity contribution in [1.29, 1.82) is 0 Å². The highest BCUT2D eigenvalue weighted by atomic mass is 15.4. The summed E-state index contributed by atoms with van der Waals surface area (Å²) < 4.78 is 0. The Hall–Kier alpha value is -0.860. The van der Waals surface area contributed by atoms with Crippen LogP contribution < -0.4 is 10.9 Å². The van der Waals surface area contributed by atoms with Crippen LogP contribution in [0.3, 0.4) is 0 Å². The lowest BCUT2D eigenvalue weighted by Crippen LogP contribution is -2.46. The first-order valence-corrected chi connectivity index (χ1v) is 5.37. The van der Waals surface area contributed by atoms with Crippen molar-refractivity contribution in [1.82, 2.24) is 10.9 Å². The average Bonchev–Trinajstić information content (AvgIpc) is 2.46. The smallest absolute Gasteiger partial charge is 0.0543 e. The van der Waals surface area contributed by atoms with E-state index < -0.39 is 0 Å². The molecule has 76 valence electrons. The van der Waals surface area contributed by atoms with Gasteiger partial charge in [0.25, 0.3) is 0 Å². The average molecular weight is 190 g/mol. The predicted molar refractivity (Wildman–Crippen MR) is 58.8 cm³/mol. The van der Waals surface area contributed by atoms with Gasteiger partial charge < -0.3 is 0 Å². The van der Waals surface area contributed by atoms with Gasteiger partial charge >= 0.3 is 0 Å². The molecule has 1 fully saturated rings. The Labute approximate surface area is 85.7 Å². The van der Waals surface area contributed by atoms with Gasteiger partial charge in [-0.25, -0.2) is 5.43 Å². The molecule has 0 saturated carbocycles. The fourth-order valence-electron chi connectivity index (χ4n) is 2.03. The van der Waals surface area contributed by atoms with E-state index in [1.807, 2.05) is 0 Å². The summed E-state index contributed by atoms with van der Waals surface area (Å²) in [6.07, 6.45) is 3.74. The van der Waals surface area contributed by atoms with E-state index in [0.717, 1.165) is 6.54 Å². The van der Waals surface area contributed by atoms with Crippen LogP contribution in [0.4, 0.5) is 0 Å². The summed E-state index contributed by atoms with van der Waals surface area (Å²) in [5, 5.41) is 0. The third-order valence-corrected chi connectivity index (χ3v) is 3.00. The van der Waals surface area contributed by atoms with Gasteiger partial charge in [0.2, 0.25) is 0 Å². The number of hydrazine groups is 1. The molecule has 2 heteroatoms. The molecule has 14 heavy (non-hydrogen) atoms. The van der Waals surface area contributed by atoms with Gasteiger partial charge in [-0.1, -0.05) is 30.3 Å². The molecule has 0 amide bonds. The van der Waals surface area contributed by atoms with Crippen molar-refractivity contribution >= 4 is 0 Å². The van der Waals surface area contributed by atoms with Crippen molar-refractivity contribution in [2.45, 2.75) is 31.7 Å². The zero-order valence-electron chi connectivity index (χ0n) is 8.72. The normalized spacial score (nSPS) is 28.4. The molecule has 1 aromatic rings. The van der Waals surface area contributed by atoms with E-state index >= 15 is 0 Å². The van der Waals surface area contributed by atoms with E-state index in [9.17, 15) is 0 Å². The minimum Gasteiger partial charge on any atom is -0.257 e. The molecule has 0 spiro atoms. The first kappa shape index (κ1) is 9.69. The van der Waals surface area contributed by atoms with E-state index in [4.69, 9.17) is 0 Å². The molecule has 1 saturated heterocycles. The van der Waals surface area contributed by atoms with Crippen molar-refractivity contribution < 1.29 is 0 Å². The summed E-state index contributed by atoms with van der Waals surface area (Å²) in [6.45, 7) is 3.34. The fourth-order valence-corrected chi connectivity index (χ4v) is 2.03. The van der Waals surface area contributed by atoms with Crippen LogP contribution in [0.25, 0.3) is 0 Å². The van der Waals surface area contributed by atoms with Gasteiger partial charge in [0.05, 0.1) is 5.54 Å². The Balaban J connectivity index is 2.21. The minimum atomic E-state index is 0.0950. The highest BCUT2D eigenvalue weighted by Gasteiger charge is 2.26. The molecule has 1 aromatic carbocycles. The van der Waals surface area contributed by atoms with Crippen LogP contribution in [0.1, 0.15) is 31.7 Å². The van der Waals surface area contributed by atoms with Crippen LogP contribution in [-0.2, 0) is 5.54 Å². The Morgan fingerprint density at radius 3 is 2.71 bits per heavy atom. The molecule has 0 radical (unpaired) electrons. The summed E-state index contributed by atoms with van der Waals surface area (Å²) in [6, 6.07) is 10.7. The molecule has 1 unspecified atom stereocenters. The van der Waals surface area contributed by atoms with Gasteiger partial charge in [-0.2, -0.15) is 0 Å². The predicted octanol–water partition coefficient (Wildman–Crippen LogP) is 2.18. The first-order chi connectivity index (χ1) is 6.81. The van der Waals surface area contributed by atoms with E-state index in [0.29, 0.717) is 0 Å². The Bertz CT molecular complexity index is 274. The van der Waals surface area contributed by atoms with Crippen molar-refractivity contribution in [2.75, 3.05) is 6.54 Å². The molecular weight excluding hydrogens is 172 g/mol. The van der Waals surface area contributed by atoms with Gasteiger partial charge in [0.15, 0.2) is 0 Å². The maximum absolute atomic E-state index is 3.42. The van der Waals surface area contributed by atoms with Crippen LogP contribution in [0.15, 0.2) is 30.3 Å². The Morgan fingerprint density at radius 1 is 1.14 bits per heavy atom. The lowest BCUT2D eigenvalue weighted by molar-refractivity contribution is 0.316. The topological polar surface area (TPSA) is 24.1 Å². The molecule has 1 aliphatic rings. The molecule has 1 heterocycles. The lowest BCUT2D eigenvalue weighted by atomic mass is 9.88. The van der Waals surface area contributed by atoms with Crippen LogP contribution in [0, 0.1) is 0 Å². The number of hydrogen-bond acceptors (Lipinski definition) is 2. The molecule has 0 aromatic heterocycles. The first-order valence-electron chi connectivity index (χ1n) is 5.37. The van der Waals surface area contributed by atoms with Crippen LogP contribution >= 0.6 is 0 Å². The largest absolute Gasteiger partial charge is 0.257 e. The Kier molecular flexibility index (Phi) is 2.85. The van der Waals surface area contributed by atoms with Crippen molar-refractivity contribution in [3.8, 4) is 0 Å². The quantitative estimate of drug-likeness (QED) is 0.709. The number of nitrogens with one attached hydrogen (secondary N) is 2. The molecule has 0 aliphatic carbocycles. The summed E-state index contributed by atoms with van der Waals surface area (Å²) in [4.78, 5) is 0. The minimum absolute atomic E-state index is 0.0950. The fraction of sp³-hybridized carbons (Fsp3) is 0.500. The Morgan fingerprint density at radius 2 is 1.93 bits per heavy atom. The number of benzene rings is 1. The van der Waals surface area contributed by atoms with Crippen molar-refractivity contribution in [2.24, 2.45) is 0 Å². The standard InChI is InChI=1S/C12H18N2/c1-12(9-5-6-10-13-14-12)11-7-3-2-4-8-11/h2-4,7-8,13-14H,5-6,9-10H2,1H3. The SMILES string of the molecule is CC1(c2ccccc2)CCCCNN1. The maximum Gasteiger partial charge on any atom is 0.0543 e. The monoisotopic (exact) mass is 190 g/mol. The number of hydrogen-bond donors (Lipinski definition) is 2. The number of rotatable bonds is 1. The van der Waals surface area contributed by atoms with Gasteiger partial charge in [-0.15, -0.1) is 0 Å². The van der Waals surface area contributed by atoms with Gasteiger partial charge in [0, 0.05) is 6.54 Å². The molecular formula is C12H18N2. The van der Waals surface area contributed by atoms with E-state index in [1.54, 1.807) is 0 Å². The highest BCUT2D eigenvalue weighted by molar-refractivity contribution is 5.23. The maximum atomic E-state index is 3.42. The summed E-state index contributed by atoms with van der Waals surface area (Å²) in [7, 11) is 0. The van der Waals surface area contributed by atoms with Crippen molar-refractivity contribution in [3.05, 3.63) is 35.9 Å².